The molecule has 1 amide bonds. The first kappa shape index (κ1) is 17.5. The molecule has 1 aliphatic heterocycles. The number of aryl methyl sites for hydroxylation is 1. The zero-order valence-electron chi connectivity index (χ0n) is 14.9. The molecule has 1 saturated heterocycles. The molecule has 27 heavy (non-hydrogen) atoms. The normalized spacial score (nSPS) is 18.5. The number of thioether (sulfide) groups is 1. The first-order valence-electron chi connectivity index (χ1n) is 8.81. The highest BCUT2D eigenvalue weighted by molar-refractivity contribution is 8.15. The Morgan fingerprint density at radius 2 is 1.81 bits per heavy atom. The highest BCUT2D eigenvalue weighted by Crippen LogP contribution is 2.27. The fraction of sp³-hybridized carbons (Fsp3) is 0.136. The van der Waals surface area contributed by atoms with Crippen molar-refractivity contribution in [3.05, 3.63) is 83.4 Å². The fourth-order valence-electron chi connectivity index (χ4n) is 3.13. The molecule has 4 nitrogen and oxygen atoms in total. The van der Waals surface area contributed by atoms with Crippen molar-refractivity contribution in [3.8, 4) is 0 Å². The standard InChI is InChI=1S/C22H19N3OS/c1-15-7-2-3-9-18(15)14-23-25-22-24-21(26)20(27-22)13-17-11-6-10-16-8-4-5-12-19(16)17/h2-12,14,20H,13H2,1H3,(H,24,25,26)/b23-14-/t20-/m1/s1. The summed E-state index contributed by atoms with van der Waals surface area (Å²) in [4.78, 5) is 12.3. The van der Waals surface area contributed by atoms with Crippen LogP contribution in [0, 0.1) is 6.92 Å². The van der Waals surface area contributed by atoms with Crippen LogP contribution in [-0.2, 0) is 11.2 Å². The maximum Gasteiger partial charge on any atom is 0.239 e. The van der Waals surface area contributed by atoms with Crippen LogP contribution in [0.25, 0.3) is 10.8 Å². The van der Waals surface area contributed by atoms with Crippen molar-refractivity contribution in [2.45, 2.75) is 18.6 Å². The van der Waals surface area contributed by atoms with Gasteiger partial charge in [-0.25, -0.2) is 0 Å². The first-order valence-corrected chi connectivity index (χ1v) is 9.69. The quantitative estimate of drug-likeness (QED) is 0.547. The smallest absolute Gasteiger partial charge is 0.239 e. The number of hydrogen-bond donors (Lipinski definition) is 1. The van der Waals surface area contributed by atoms with E-state index in [1.54, 1.807) is 6.21 Å². The van der Waals surface area contributed by atoms with Crippen LogP contribution in [0.1, 0.15) is 16.7 Å². The van der Waals surface area contributed by atoms with E-state index in [0.29, 0.717) is 11.6 Å². The lowest BCUT2D eigenvalue weighted by atomic mass is 10.0. The molecule has 1 atom stereocenters. The lowest BCUT2D eigenvalue weighted by molar-refractivity contribution is -0.118. The van der Waals surface area contributed by atoms with Gasteiger partial charge < -0.3 is 5.32 Å². The molecule has 0 spiro atoms. The van der Waals surface area contributed by atoms with E-state index in [2.05, 4.69) is 39.8 Å². The van der Waals surface area contributed by atoms with Crippen molar-refractivity contribution >= 4 is 39.8 Å². The van der Waals surface area contributed by atoms with Crippen LogP contribution in [0.5, 0.6) is 0 Å². The van der Waals surface area contributed by atoms with E-state index in [-0.39, 0.29) is 11.2 Å². The van der Waals surface area contributed by atoms with Crippen LogP contribution >= 0.6 is 11.8 Å². The number of benzene rings is 3. The van der Waals surface area contributed by atoms with Gasteiger partial charge in [-0.05, 0) is 40.8 Å². The Bertz CT molecular complexity index is 1050. The van der Waals surface area contributed by atoms with E-state index in [9.17, 15) is 4.79 Å². The molecule has 0 aromatic heterocycles. The van der Waals surface area contributed by atoms with Crippen molar-refractivity contribution in [3.63, 3.8) is 0 Å². The average molecular weight is 373 g/mol. The van der Waals surface area contributed by atoms with Crippen LogP contribution in [0.2, 0.25) is 0 Å². The molecule has 1 fully saturated rings. The Labute approximate surface area is 162 Å². The molecular weight excluding hydrogens is 354 g/mol. The van der Waals surface area contributed by atoms with Crippen LogP contribution in [0.15, 0.2) is 76.9 Å². The van der Waals surface area contributed by atoms with Crippen molar-refractivity contribution in [2.24, 2.45) is 10.2 Å². The molecule has 3 aromatic rings. The van der Waals surface area contributed by atoms with Gasteiger partial charge in [-0.3, -0.25) is 4.79 Å². The largest absolute Gasteiger partial charge is 0.303 e. The van der Waals surface area contributed by atoms with Gasteiger partial charge in [0.05, 0.1) is 11.5 Å². The van der Waals surface area contributed by atoms with Gasteiger partial charge in [-0.2, -0.15) is 5.10 Å². The molecule has 1 aliphatic rings. The van der Waals surface area contributed by atoms with Crippen LogP contribution < -0.4 is 5.32 Å². The number of amidine groups is 1. The van der Waals surface area contributed by atoms with Crippen molar-refractivity contribution < 1.29 is 4.79 Å². The molecule has 0 unspecified atom stereocenters. The van der Waals surface area contributed by atoms with Crippen LogP contribution in [0.4, 0.5) is 0 Å². The summed E-state index contributed by atoms with van der Waals surface area (Å²) in [6.07, 6.45) is 2.38. The van der Waals surface area contributed by atoms with E-state index in [1.165, 1.54) is 28.1 Å². The highest BCUT2D eigenvalue weighted by atomic mass is 32.2. The minimum atomic E-state index is -0.191. The summed E-state index contributed by atoms with van der Waals surface area (Å²) in [6, 6.07) is 22.4. The Morgan fingerprint density at radius 3 is 2.70 bits per heavy atom. The van der Waals surface area contributed by atoms with Crippen molar-refractivity contribution in [2.75, 3.05) is 0 Å². The summed E-state index contributed by atoms with van der Waals surface area (Å²) in [5.74, 6) is -0.0159. The number of nitrogens with zero attached hydrogens (tertiary/aromatic N) is 2. The maximum atomic E-state index is 12.3. The minimum Gasteiger partial charge on any atom is -0.303 e. The SMILES string of the molecule is Cc1ccccc1/C=N\N=C1\NC(=O)[C@@H](Cc2cccc3ccccc23)S1. The number of fused-ring (bicyclic) bond motifs is 1. The molecule has 0 saturated carbocycles. The molecule has 1 heterocycles. The minimum absolute atomic E-state index is 0.0159. The number of amides is 1. The molecule has 3 aromatic carbocycles. The molecular formula is C22H19N3OS. The summed E-state index contributed by atoms with van der Waals surface area (Å²) >= 11 is 1.44. The van der Waals surface area contributed by atoms with E-state index >= 15 is 0 Å². The second-order valence-electron chi connectivity index (χ2n) is 6.44. The summed E-state index contributed by atoms with van der Waals surface area (Å²) < 4.78 is 0. The van der Waals surface area contributed by atoms with Gasteiger partial charge >= 0.3 is 0 Å². The number of nitrogens with one attached hydrogen (secondary N) is 1. The molecule has 0 radical (unpaired) electrons. The Morgan fingerprint density at radius 1 is 1.04 bits per heavy atom. The van der Waals surface area contributed by atoms with Gasteiger partial charge in [-0.15, -0.1) is 5.10 Å². The monoisotopic (exact) mass is 373 g/mol. The molecule has 5 heteroatoms. The highest BCUT2D eigenvalue weighted by Gasteiger charge is 2.30. The molecule has 0 aliphatic carbocycles. The predicted molar refractivity (Wildman–Crippen MR) is 113 cm³/mol. The van der Waals surface area contributed by atoms with Gasteiger partial charge in [0.1, 0.15) is 0 Å². The molecule has 4 rings (SSSR count). The lowest BCUT2D eigenvalue weighted by Crippen LogP contribution is -2.26. The molecule has 134 valence electrons. The van der Waals surface area contributed by atoms with E-state index in [1.807, 2.05) is 49.4 Å². The van der Waals surface area contributed by atoms with Gasteiger partial charge in [0, 0.05) is 0 Å². The number of rotatable bonds is 4. The first-order chi connectivity index (χ1) is 13.2. The number of hydrogen-bond acceptors (Lipinski definition) is 4. The summed E-state index contributed by atoms with van der Waals surface area (Å²) in [6.45, 7) is 2.03. The number of carbonyl (C=O) groups excluding carboxylic acids is 1. The van der Waals surface area contributed by atoms with E-state index in [0.717, 1.165) is 11.1 Å². The topological polar surface area (TPSA) is 53.8 Å². The lowest BCUT2D eigenvalue weighted by Gasteiger charge is -2.09. The van der Waals surface area contributed by atoms with Crippen molar-refractivity contribution in [1.82, 2.24) is 5.32 Å². The third kappa shape index (κ3) is 3.93. The predicted octanol–water partition coefficient (Wildman–Crippen LogP) is 4.31. The van der Waals surface area contributed by atoms with Gasteiger partial charge in [0.25, 0.3) is 0 Å². The zero-order valence-corrected chi connectivity index (χ0v) is 15.7. The maximum absolute atomic E-state index is 12.3. The van der Waals surface area contributed by atoms with E-state index in [4.69, 9.17) is 0 Å². The summed E-state index contributed by atoms with van der Waals surface area (Å²) in [5.41, 5.74) is 3.33. The zero-order chi connectivity index (χ0) is 18.6. The number of carbonyl (C=O) groups is 1. The Kier molecular flexibility index (Phi) is 5.03. The third-order valence-corrected chi connectivity index (χ3v) is 5.67. The summed E-state index contributed by atoms with van der Waals surface area (Å²) in [5, 5.41) is 13.9. The Balaban J connectivity index is 1.48. The molecule has 0 bridgehead atoms. The van der Waals surface area contributed by atoms with Crippen molar-refractivity contribution in [1.29, 1.82) is 0 Å². The summed E-state index contributed by atoms with van der Waals surface area (Å²) in [7, 11) is 0. The van der Waals surface area contributed by atoms with Gasteiger partial charge in [0.15, 0.2) is 5.17 Å². The second-order valence-corrected chi connectivity index (χ2v) is 7.64. The average Bonchev–Trinajstić information content (AvgIpc) is 3.03. The van der Waals surface area contributed by atoms with Gasteiger partial charge in [-0.1, -0.05) is 78.5 Å². The third-order valence-electron chi connectivity index (χ3n) is 4.60. The second kappa shape index (κ2) is 7.76. The van der Waals surface area contributed by atoms with Gasteiger partial charge in [0.2, 0.25) is 5.91 Å². The Hall–Kier alpha value is -2.92. The fourth-order valence-corrected chi connectivity index (χ4v) is 4.08. The van der Waals surface area contributed by atoms with Crippen LogP contribution in [0.3, 0.4) is 0 Å². The van der Waals surface area contributed by atoms with E-state index < -0.39 is 0 Å². The van der Waals surface area contributed by atoms with Crippen LogP contribution in [-0.4, -0.2) is 22.5 Å². The molecule has 1 N–H and O–H groups in total.